The third-order valence-electron chi connectivity index (χ3n) is 9.57. The van der Waals surface area contributed by atoms with Crippen LogP contribution in [0.1, 0.15) is 24.0 Å². The van der Waals surface area contributed by atoms with Gasteiger partial charge in [-0.05, 0) is 67.2 Å². The number of phenolic OH excluding ortho intramolecular Hbond substituents is 1. The Hall–Kier alpha value is -3.33. The lowest BCUT2D eigenvalue weighted by molar-refractivity contribution is -0.138. The largest absolute Gasteiger partial charge is 0.508 e. The average molecular weight is 628 g/mol. The molecule has 0 spiro atoms. The lowest BCUT2D eigenvalue weighted by Crippen LogP contribution is -2.61. The number of ether oxygens (including phenoxy) is 1. The second-order valence-electron chi connectivity index (χ2n) is 11.7. The number of benzene rings is 2. The molecule has 2 aliphatic carbocycles. The molecule has 3 aliphatic heterocycles. The van der Waals surface area contributed by atoms with E-state index in [9.17, 15) is 24.3 Å². The molecule has 2 saturated heterocycles. The first-order chi connectivity index (χ1) is 19.9. The van der Waals surface area contributed by atoms with Crippen LogP contribution >= 0.6 is 34.8 Å². The molecular formula is C31H25Cl3N2O6. The number of rotatable bonds is 2. The van der Waals surface area contributed by atoms with Gasteiger partial charge < -0.3 is 9.84 Å². The summed E-state index contributed by atoms with van der Waals surface area (Å²) in [6.07, 6.45) is 3.81. The number of carbonyl (C=O) groups excluding carboxylic acids is 4. The van der Waals surface area contributed by atoms with Gasteiger partial charge in [-0.1, -0.05) is 29.3 Å². The Labute approximate surface area is 256 Å². The number of amides is 4. The van der Waals surface area contributed by atoms with E-state index >= 15 is 0 Å². The fraction of sp³-hybridized carbons (Fsp3) is 0.355. The van der Waals surface area contributed by atoms with Crippen molar-refractivity contribution in [1.29, 1.82) is 0 Å². The predicted molar refractivity (Wildman–Crippen MR) is 155 cm³/mol. The summed E-state index contributed by atoms with van der Waals surface area (Å²) in [7, 11) is 1.35. The quantitative estimate of drug-likeness (QED) is 0.289. The van der Waals surface area contributed by atoms with E-state index in [1.165, 1.54) is 24.3 Å². The van der Waals surface area contributed by atoms with E-state index < -0.39 is 51.1 Å². The van der Waals surface area contributed by atoms with E-state index in [1.54, 1.807) is 30.3 Å². The van der Waals surface area contributed by atoms with E-state index in [-0.39, 0.29) is 30.9 Å². The van der Waals surface area contributed by atoms with E-state index in [4.69, 9.17) is 39.5 Å². The van der Waals surface area contributed by atoms with Crippen molar-refractivity contribution >= 4 is 64.1 Å². The molecular weight excluding hydrogens is 603 g/mol. The number of nitrogens with zero attached hydrogens (tertiary/aromatic N) is 2. The Balaban J connectivity index is 1.35. The van der Waals surface area contributed by atoms with Crippen LogP contribution in [-0.2, 0) is 25.6 Å². The van der Waals surface area contributed by atoms with Gasteiger partial charge in [-0.15, -0.1) is 23.2 Å². The predicted octanol–water partition coefficient (Wildman–Crippen LogP) is 4.90. The molecule has 4 amide bonds. The number of hydrogen-bond donors (Lipinski definition) is 1. The van der Waals surface area contributed by atoms with Gasteiger partial charge in [0.1, 0.15) is 11.5 Å². The molecule has 2 aromatic rings. The first kappa shape index (κ1) is 27.5. The van der Waals surface area contributed by atoms with E-state index in [0.29, 0.717) is 33.2 Å². The SMILES string of the molecule is Cc1ccc(N2C(=O)C3CC=C4C(CC5(Cl)C(=O)N(C)C(=O)C5(Cl)C4C4=COc5ccc(O)cc5C4)C3C2=O)cc1Cl. The Morgan fingerprint density at radius 1 is 1.00 bits per heavy atom. The summed E-state index contributed by atoms with van der Waals surface area (Å²) >= 11 is 20.8. The Morgan fingerprint density at radius 2 is 1.76 bits per heavy atom. The molecule has 5 aliphatic rings. The minimum absolute atomic E-state index is 0.0466. The molecule has 216 valence electrons. The first-order valence-electron chi connectivity index (χ1n) is 13.6. The third-order valence-corrected chi connectivity index (χ3v) is 11.4. The van der Waals surface area contributed by atoms with Gasteiger partial charge in [0, 0.05) is 30.0 Å². The molecule has 42 heavy (non-hydrogen) atoms. The first-order valence-corrected chi connectivity index (χ1v) is 14.7. The fourth-order valence-corrected chi connectivity index (χ4v) is 8.74. The molecule has 0 radical (unpaired) electrons. The molecule has 11 heteroatoms. The Kier molecular flexibility index (Phi) is 5.95. The number of halogens is 3. The maximum absolute atomic E-state index is 14.1. The molecule has 8 nitrogen and oxygen atoms in total. The average Bonchev–Trinajstić information content (AvgIpc) is 3.29. The van der Waals surface area contributed by atoms with Crippen LogP contribution in [0.4, 0.5) is 5.69 Å². The molecule has 3 heterocycles. The van der Waals surface area contributed by atoms with E-state index in [2.05, 4.69) is 0 Å². The summed E-state index contributed by atoms with van der Waals surface area (Å²) in [4.78, 5) is 53.5. The van der Waals surface area contributed by atoms with Crippen LogP contribution in [0, 0.1) is 30.6 Å². The minimum atomic E-state index is -1.89. The molecule has 2 aromatic carbocycles. The van der Waals surface area contributed by atoms with Crippen molar-refractivity contribution < 1.29 is 29.0 Å². The standard InChI is InChI=1S/C31H25Cl3N2O6/c1-14-3-4-17(11-22(14)32)36-26(38)20-7-6-19-21(24(20)27(36)39)12-30(33)28(40)35(2)29(41)31(30,34)25(19)16-9-15-10-18(37)5-8-23(15)42-13-16/h3-6,8,10-11,13,20-21,24-25,37H,7,9,12H2,1-2H3. The zero-order valence-corrected chi connectivity index (χ0v) is 24.8. The second-order valence-corrected chi connectivity index (χ2v) is 13.4. The summed E-state index contributed by atoms with van der Waals surface area (Å²) in [5.41, 5.74) is 3.12. The number of allylic oxidation sites excluding steroid dienone is 3. The topological polar surface area (TPSA) is 104 Å². The van der Waals surface area contributed by atoms with Crippen LogP contribution in [0.25, 0.3) is 0 Å². The number of carbonyl (C=O) groups is 4. The molecule has 6 unspecified atom stereocenters. The van der Waals surface area contributed by atoms with Gasteiger partial charge in [-0.2, -0.15) is 0 Å². The number of alkyl halides is 2. The lowest BCUT2D eigenvalue weighted by atomic mass is 9.56. The molecule has 6 atom stereocenters. The van der Waals surface area contributed by atoms with Crippen molar-refractivity contribution in [2.24, 2.45) is 23.7 Å². The van der Waals surface area contributed by atoms with Gasteiger partial charge in [-0.25, -0.2) is 4.90 Å². The smallest absolute Gasteiger partial charge is 0.253 e. The molecule has 3 fully saturated rings. The number of imide groups is 2. The number of fused-ring (bicyclic) bond motifs is 5. The third kappa shape index (κ3) is 3.43. The van der Waals surface area contributed by atoms with Gasteiger partial charge in [0.15, 0.2) is 9.75 Å². The fourth-order valence-electron chi connectivity index (χ4n) is 7.53. The highest BCUT2D eigenvalue weighted by Gasteiger charge is 2.76. The zero-order chi connectivity index (χ0) is 29.9. The van der Waals surface area contributed by atoms with E-state index in [1.807, 2.05) is 13.0 Å². The second kappa shape index (κ2) is 9.09. The number of likely N-dealkylation sites (tertiary alicyclic amines) is 1. The summed E-state index contributed by atoms with van der Waals surface area (Å²) in [6, 6.07) is 9.75. The van der Waals surface area contributed by atoms with Crippen molar-refractivity contribution in [3.8, 4) is 11.5 Å². The summed E-state index contributed by atoms with van der Waals surface area (Å²) in [5, 5.41) is 10.5. The highest BCUT2D eigenvalue weighted by atomic mass is 35.5. The highest BCUT2D eigenvalue weighted by molar-refractivity contribution is 6.53. The molecule has 7 rings (SSSR count). The lowest BCUT2D eigenvalue weighted by Gasteiger charge is -2.51. The van der Waals surface area contributed by atoms with Crippen molar-refractivity contribution in [1.82, 2.24) is 4.90 Å². The number of aryl methyl sites for hydroxylation is 1. The van der Waals surface area contributed by atoms with Crippen molar-refractivity contribution in [2.75, 3.05) is 11.9 Å². The zero-order valence-electron chi connectivity index (χ0n) is 22.6. The summed E-state index contributed by atoms with van der Waals surface area (Å²) in [5.74, 6) is -4.49. The van der Waals surface area contributed by atoms with Crippen LogP contribution in [0.5, 0.6) is 11.5 Å². The van der Waals surface area contributed by atoms with Crippen LogP contribution < -0.4 is 9.64 Å². The van der Waals surface area contributed by atoms with Gasteiger partial charge in [0.2, 0.25) is 11.8 Å². The summed E-state index contributed by atoms with van der Waals surface area (Å²) < 4.78 is 5.91. The Morgan fingerprint density at radius 3 is 2.50 bits per heavy atom. The number of anilines is 1. The maximum atomic E-state index is 14.1. The number of hydrogen-bond acceptors (Lipinski definition) is 6. The minimum Gasteiger partial charge on any atom is -0.508 e. The van der Waals surface area contributed by atoms with Crippen LogP contribution in [0.2, 0.25) is 5.02 Å². The van der Waals surface area contributed by atoms with E-state index in [0.717, 1.165) is 10.5 Å². The van der Waals surface area contributed by atoms with Crippen molar-refractivity contribution in [3.05, 3.63) is 76.0 Å². The molecule has 0 bridgehead atoms. The molecule has 1 saturated carbocycles. The summed E-state index contributed by atoms with van der Waals surface area (Å²) in [6.45, 7) is 1.83. The number of aromatic hydroxyl groups is 1. The highest BCUT2D eigenvalue weighted by Crippen LogP contribution is 2.64. The van der Waals surface area contributed by atoms with Gasteiger partial charge in [0.05, 0.1) is 23.8 Å². The normalized spacial score (nSPS) is 33.5. The number of phenols is 1. The Bertz CT molecular complexity index is 1700. The monoisotopic (exact) mass is 626 g/mol. The van der Waals surface area contributed by atoms with Crippen LogP contribution in [0.15, 0.2) is 59.9 Å². The van der Waals surface area contributed by atoms with Crippen LogP contribution in [-0.4, -0.2) is 50.4 Å². The van der Waals surface area contributed by atoms with Gasteiger partial charge in [0.25, 0.3) is 11.8 Å². The van der Waals surface area contributed by atoms with Crippen molar-refractivity contribution in [2.45, 2.75) is 35.9 Å². The molecule has 0 aromatic heterocycles. The molecule has 1 N–H and O–H groups in total. The van der Waals surface area contributed by atoms with Crippen molar-refractivity contribution in [3.63, 3.8) is 0 Å². The van der Waals surface area contributed by atoms with Gasteiger partial charge in [-0.3, -0.25) is 24.1 Å². The maximum Gasteiger partial charge on any atom is 0.253 e. The van der Waals surface area contributed by atoms with Gasteiger partial charge >= 0.3 is 0 Å². The van der Waals surface area contributed by atoms with Crippen LogP contribution in [0.3, 0.4) is 0 Å².